The van der Waals surface area contributed by atoms with Crippen molar-refractivity contribution in [2.24, 2.45) is 0 Å². The first-order valence-electron chi connectivity index (χ1n) is 11.6. The van der Waals surface area contributed by atoms with Gasteiger partial charge >= 0.3 is 0 Å². The second-order valence-electron chi connectivity index (χ2n) is 8.75. The predicted octanol–water partition coefficient (Wildman–Crippen LogP) is 8.53. The smallest absolute Gasteiger partial charge is 0.120 e. The van der Waals surface area contributed by atoms with Crippen molar-refractivity contribution in [3.8, 4) is 11.5 Å². The third-order valence-corrected chi connectivity index (χ3v) is 7.82. The van der Waals surface area contributed by atoms with Crippen molar-refractivity contribution in [1.29, 1.82) is 0 Å². The highest BCUT2D eigenvalue weighted by molar-refractivity contribution is 9.10. The summed E-state index contributed by atoms with van der Waals surface area (Å²) in [6.45, 7) is 1.78. The molecule has 6 heteroatoms. The lowest BCUT2D eigenvalue weighted by Crippen LogP contribution is -2.04. The molecule has 0 amide bonds. The first-order valence-corrected chi connectivity index (χ1v) is 13.2. The quantitative estimate of drug-likeness (QED) is 0.194. The van der Waals surface area contributed by atoms with Gasteiger partial charge in [-0.25, -0.2) is 0 Å². The van der Waals surface area contributed by atoms with Crippen molar-refractivity contribution in [2.75, 3.05) is 14.2 Å². The van der Waals surface area contributed by atoms with Gasteiger partial charge in [0.1, 0.15) is 11.5 Å². The molecular formula is C29H24Br2N2O2. The van der Waals surface area contributed by atoms with Crippen LogP contribution in [0, 0.1) is 0 Å². The number of fused-ring (bicyclic) bond motifs is 6. The van der Waals surface area contributed by atoms with Crippen LogP contribution in [0.5, 0.6) is 11.5 Å². The SMILES string of the molecule is COc1ccc2c3ccc(Br)cc3n(CCCn3c4cc(Br)ccc4c4ccc(OC)cc43)c2c1. The maximum atomic E-state index is 5.55. The number of aromatic nitrogens is 2. The van der Waals surface area contributed by atoms with Gasteiger partial charge in [0.25, 0.3) is 0 Å². The molecule has 2 aromatic heterocycles. The van der Waals surface area contributed by atoms with E-state index in [0.29, 0.717) is 0 Å². The van der Waals surface area contributed by atoms with Crippen molar-refractivity contribution in [1.82, 2.24) is 9.13 Å². The number of ether oxygens (including phenoxy) is 2. The van der Waals surface area contributed by atoms with Gasteiger partial charge < -0.3 is 18.6 Å². The Bertz CT molecular complexity index is 1600. The Labute approximate surface area is 220 Å². The summed E-state index contributed by atoms with van der Waals surface area (Å²) in [5.74, 6) is 1.75. The molecule has 0 bridgehead atoms. The van der Waals surface area contributed by atoms with Gasteiger partial charge in [-0.15, -0.1) is 0 Å². The topological polar surface area (TPSA) is 28.3 Å². The summed E-state index contributed by atoms with van der Waals surface area (Å²) in [5, 5.41) is 5.02. The van der Waals surface area contributed by atoms with Crippen molar-refractivity contribution in [3.63, 3.8) is 0 Å². The summed E-state index contributed by atoms with van der Waals surface area (Å²) in [5.41, 5.74) is 4.86. The summed E-state index contributed by atoms with van der Waals surface area (Å²) in [7, 11) is 3.44. The number of benzene rings is 4. The molecule has 0 fully saturated rings. The zero-order valence-electron chi connectivity index (χ0n) is 19.5. The van der Waals surface area contributed by atoms with Gasteiger partial charge in [-0.3, -0.25) is 0 Å². The second kappa shape index (κ2) is 8.92. The molecule has 0 aliphatic heterocycles. The molecule has 4 aromatic carbocycles. The Kier molecular flexibility index (Phi) is 5.73. The van der Waals surface area contributed by atoms with Crippen LogP contribution in [-0.2, 0) is 13.1 Å². The molecule has 0 unspecified atom stereocenters. The predicted molar refractivity (Wildman–Crippen MR) is 152 cm³/mol. The highest BCUT2D eigenvalue weighted by Gasteiger charge is 2.15. The summed E-state index contributed by atoms with van der Waals surface area (Å²) < 4.78 is 18.1. The molecule has 0 N–H and O–H groups in total. The van der Waals surface area contributed by atoms with Crippen LogP contribution in [0.3, 0.4) is 0 Å². The number of methoxy groups -OCH3 is 2. The van der Waals surface area contributed by atoms with Gasteiger partial charge in [0.2, 0.25) is 0 Å². The van der Waals surface area contributed by atoms with E-state index in [1.54, 1.807) is 14.2 Å². The highest BCUT2D eigenvalue weighted by Crippen LogP contribution is 2.35. The lowest BCUT2D eigenvalue weighted by atomic mass is 10.1. The molecule has 0 aliphatic rings. The van der Waals surface area contributed by atoms with Gasteiger partial charge in [0.05, 0.1) is 36.3 Å². The number of rotatable bonds is 6. The van der Waals surface area contributed by atoms with Crippen LogP contribution in [0.1, 0.15) is 6.42 Å². The fourth-order valence-electron chi connectivity index (χ4n) is 5.22. The summed E-state index contributed by atoms with van der Waals surface area (Å²) in [6, 6.07) is 25.7. The third kappa shape index (κ3) is 3.80. The van der Waals surface area contributed by atoms with Crippen LogP contribution >= 0.6 is 31.9 Å². The molecule has 6 aromatic rings. The van der Waals surface area contributed by atoms with E-state index in [4.69, 9.17) is 9.47 Å². The first kappa shape index (κ1) is 22.5. The molecule has 0 saturated heterocycles. The Morgan fingerprint density at radius 3 is 1.31 bits per heavy atom. The van der Waals surface area contributed by atoms with E-state index in [1.807, 2.05) is 12.1 Å². The average Bonchev–Trinajstić information content (AvgIpc) is 3.34. The average molecular weight is 592 g/mol. The van der Waals surface area contributed by atoms with Crippen LogP contribution < -0.4 is 9.47 Å². The largest absolute Gasteiger partial charge is 0.497 e. The Morgan fingerprint density at radius 1 is 0.543 bits per heavy atom. The highest BCUT2D eigenvalue weighted by atomic mass is 79.9. The third-order valence-electron chi connectivity index (χ3n) is 6.84. The van der Waals surface area contributed by atoms with Gasteiger partial charge in [0.15, 0.2) is 0 Å². The van der Waals surface area contributed by atoms with Gasteiger partial charge in [-0.05, 0) is 55.0 Å². The van der Waals surface area contributed by atoms with Crippen LogP contribution in [0.25, 0.3) is 43.6 Å². The number of aryl methyl sites for hydroxylation is 2. The fourth-order valence-corrected chi connectivity index (χ4v) is 5.92. The van der Waals surface area contributed by atoms with Crippen LogP contribution in [-0.4, -0.2) is 23.4 Å². The molecule has 0 aliphatic carbocycles. The molecule has 0 spiro atoms. The molecule has 176 valence electrons. The molecule has 4 nitrogen and oxygen atoms in total. The van der Waals surface area contributed by atoms with Crippen molar-refractivity contribution in [2.45, 2.75) is 19.5 Å². The number of halogens is 2. The Hall–Kier alpha value is -2.96. The van der Waals surface area contributed by atoms with Gasteiger partial charge in [-0.2, -0.15) is 0 Å². The second-order valence-corrected chi connectivity index (χ2v) is 10.6. The molecule has 2 heterocycles. The van der Waals surface area contributed by atoms with E-state index < -0.39 is 0 Å². The van der Waals surface area contributed by atoms with E-state index in [9.17, 15) is 0 Å². The summed E-state index contributed by atoms with van der Waals surface area (Å²) in [4.78, 5) is 0. The van der Waals surface area contributed by atoms with Gasteiger partial charge in [0, 0.05) is 55.7 Å². The molecule has 0 radical (unpaired) electrons. The number of hydrogen-bond acceptors (Lipinski definition) is 2. The zero-order chi connectivity index (χ0) is 24.1. The van der Waals surface area contributed by atoms with Crippen molar-refractivity contribution >= 4 is 75.5 Å². The Morgan fingerprint density at radius 2 is 0.914 bits per heavy atom. The van der Waals surface area contributed by atoms with E-state index in [0.717, 1.165) is 40.0 Å². The monoisotopic (exact) mass is 590 g/mol. The van der Waals surface area contributed by atoms with Crippen LogP contribution in [0.4, 0.5) is 0 Å². The molecule has 35 heavy (non-hydrogen) atoms. The van der Waals surface area contributed by atoms with Gasteiger partial charge in [-0.1, -0.05) is 44.0 Å². The molecule has 0 atom stereocenters. The number of nitrogens with zero attached hydrogens (tertiary/aromatic N) is 2. The van der Waals surface area contributed by atoms with Crippen molar-refractivity contribution < 1.29 is 9.47 Å². The van der Waals surface area contributed by atoms with Crippen LogP contribution in [0.2, 0.25) is 0 Å². The zero-order valence-corrected chi connectivity index (χ0v) is 22.7. The standard InChI is InChI=1S/C29H24Br2N2O2/c1-34-20-6-10-24-22-8-4-18(30)14-26(22)32(28(24)16-20)12-3-13-33-27-15-19(31)5-9-23(27)25-11-7-21(35-2)17-29(25)33/h4-11,14-17H,3,12-13H2,1-2H3. The minimum absolute atomic E-state index is 0.875. The van der Waals surface area contributed by atoms with E-state index in [2.05, 4.69) is 102 Å². The maximum Gasteiger partial charge on any atom is 0.120 e. The van der Waals surface area contributed by atoms with Crippen molar-refractivity contribution in [3.05, 3.63) is 81.7 Å². The lowest BCUT2D eigenvalue weighted by Gasteiger charge is -2.12. The Balaban J connectivity index is 1.43. The maximum absolute atomic E-state index is 5.55. The van der Waals surface area contributed by atoms with E-state index >= 15 is 0 Å². The van der Waals surface area contributed by atoms with Crippen LogP contribution in [0.15, 0.2) is 81.7 Å². The summed E-state index contributed by atoms with van der Waals surface area (Å²) in [6.07, 6.45) is 0.977. The van der Waals surface area contributed by atoms with E-state index in [-0.39, 0.29) is 0 Å². The normalized spacial score (nSPS) is 11.8. The molecule has 0 saturated carbocycles. The summed E-state index contributed by atoms with van der Waals surface area (Å²) >= 11 is 7.34. The number of hydrogen-bond donors (Lipinski definition) is 0. The molecular weight excluding hydrogens is 568 g/mol. The molecule has 6 rings (SSSR count). The fraction of sp³-hybridized carbons (Fsp3) is 0.172. The van der Waals surface area contributed by atoms with E-state index in [1.165, 1.54) is 43.6 Å². The minimum Gasteiger partial charge on any atom is -0.497 e. The lowest BCUT2D eigenvalue weighted by molar-refractivity contribution is 0.415. The minimum atomic E-state index is 0.875. The first-order chi connectivity index (χ1) is 17.1.